The van der Waals surface area contributed by atoms with Crippen molar-refractivity contribution in [3.63, 3.8) is 0 Å². The lowest BCUT2D eigenvalue weighted by Gasteiger charge is -2.35. The summed E-state index contributed by atoms with van der Waals surface area (Å²) >= 11 is 0. The lowest BCUT2D eigenvalue weighted by Crippen LogP contribution is -2.35. The molecule has 2 N–H and O–H groups in total. The average molecular weight is 401 g/mol. The third-order valence-corrected chi connectivity index (χ3v) is 7.43. The van der Waals surface area contributed by atoms with Crippen molar-refractivity contribution in [1.82, 2.24) is 0 Å². The van der Waals surface area contributed by atoms with Crippen molar-refractivity contribution in [2.24, 2.45) is 16.7 Å². The molecule has 0 saturated carbocycles. The molecular weight excluding hydrogens is 364 g/mol. The van der Waals surface area contributed by atoms with E-state index in [0.29, 0.717) is 0 Å². The molecule has 8 heteroatoms. The van der Waals surface area contributed by atoms with Crippen LogP contribution in [0, 0.1) is 16.7 Å². The molecule has 0 spiro atoms. The van der Waals surface area contributed by atoms with Gasteiger partial charge in [0.05, 0.1) is 10.5 Å². The molecule has 3 atom stereocenters. The number of hydrogen-bond acceptors (Lipinski definition) is 4. The summed E-state index contributed by atoms with van der Waals surface area (Å²) in [5.74, 6) is -0.00227. The molecule has 0 heterocycles. The van der Waals surface area contributed by atoms with Crippen LogP contribution in [0.2, 0.25) is 0 Å². The minimum absolute atomic E-state index is 0.00227. The molecule has 0 saturated heterocycles. The predicted molar refractivity (Wildman–Crippen MR) is 102 cm³/mol. The monoisotopic (exact) mass is 400 g/mol. The molecule has 25 heavy (non-hydrogen) atoms. The van der Waals surface area contributed by atoms with Crippen LogP contribution in [0.3, 0.4) is 0 Å². The van der Waals surface area contributed by atoms with Gasteiger partial charge in [-0.3, -0.25) is 9.11 Å². The Hall–Kier alpha value is -0.180. The Bertz CT molecular complexity index is 609. The van der Waals surface area contributed by atoms with Gasteiger partial charge < -0.3 is 0 Å². The van der Waals surface area contributed by atoms with E-state index in [1.54, 1.807) is 6.92 Å². The number of hydrogen-bond donors (Lipinski definition) is 2. The molecule has 0 aromatic carbocycles. The second kappa shape index (κ2) is 8.67. The van der Waals surface area contributed by atoms with Gasteiger partial charge in [0.25, 0.3) is 20.2 Å². The molecule has 0 radical (unpaired) electrons. The first-order chi connectivity index (χ1) is 10.9. The molecule has 6 nitrogen and oxygen atoms in total. The van der Waals surface area contributed by atoms with Crippen LogP contribution in [0.5, 0.6) is 0 Å². The first kappa shape index (κ1) is 24.8. The van der Waals surface area contributed by atoms with Gasteiger partial charge in [0, 0.05) is 0 Å². The highest BCUT2D eigenvalue weighted by atomic mass is 32.2. The van der Waals surface area contributed by atoms with E-state index in [-0.39, 0.29) is 36.0 Å². The summed E-state index contributed by atoms with van der Waals surface area (Å²) in [5, 5.41) is -2.40. The Morgan fingerprint density at radius 1 is 0.800 bits per heavy atom. The Morgan fingerprint density at radius 3 is 1.52 bits per heavy atom. The van der Waals surface area contributed by atoms with Gasteiger partial charge in [0.15, 0.2) is 0 Å². The minimum atomic E-state index is -4.42. The van der Waals surface area contributed by atoms with E-state index in [1.165, 1.54) is 0 Å². The van der Waals surface area contributed by atoms with E-state index >= 15 is 0 Å². The van der Waals surface area contributed by atoms with Gasteiger partial charge in [-0.2, -0.15) is 16.8 Å². The average Bonchev–Trinajstić information content (AvgIpc) is 2.31. The molecule has 0 aromatic rings. The molecule has 0 amide bonds. The Kier molecular flexibility index (Phi) is 8.61. The summed E-state index contributed by atoms with van der Waals surface area (Å²) in [6, 6.07) is 0. The third kappa shape index (κ3) is 9.92. The molecule has 0 fully saturated rings. The third-order valence-electron chi connectivity index (χ3n) is 4.84. The zero-order valence-corrected chi connectivity index (χ0v) is 18.2. The summed E-state index contributed by atoms with van der Waals surface area (Å²) < 4.78 is 65.5. The summed E-state index contributed by atoms with van der Waals surface area (Å²) in [7, 11) is -8.77. The molecule has 0 aliphatic carbocycles. The van der Waals surface area contributed by atoms with Crippen LogP contribution in [0.15, 0.2) is 0 Å². The van der Waals surface area contributed by atoms with Crippen LogP contribution in [-0.4, -0.2) is 36.4 Å². The highest BCUT2D eigenvalue weighted by Crippen LogP contribution is 2.38. The SMILES string of the molecule is CCC(CC(CC(CCC(C)(C)C)C(C)(C)C)S(=O)(=O)O)S(=O)(=O)O. The Labute approximate surface area is 154 Å². The Morgan fingerprint density at radius 2 is 1.24 bits per heavy atom. The standard InChI is InChI=1S/C17H36O6S2/c1-8-14(24(18,19)20)12-15(25(21,22)23)11-13(17(5,6)7)9-10-16(2,3)4/h13-15H,8-12H2,1-7H3,(H,18,19,20)(H,21,22,23). The van der Waals surface area contributed by atoms with Gasteiger partial charge in [-0.05, 0) is 48.9 Å². The van der Waals surface area contributed by atoms with Gasteiger partial charge >= 0.3 is 0 Å². The van der Waals surface area contributed by atoms with E-state index in [2.05, 4.69) is 20.8 Å². The van der Waals surface area contributed by atoms with Gasteiger partial charge in [-0.15, -0.1) is 0 Å². The summed E-state index contributed by atoms with van der Waals surface area (Å²) in [5.41, 5.74) is -0.0918. The minimum Gasteiger partial charge on any atom is -0.285 e. The summed E-state index contributed by atoms with van der Waals surface area (Å²) in [4.78, 5) is 0. The van der Waals surface area contributed by atoms with Crippen molar-refractivity contribution < 1.29 is 25.9 Å². The largest absolute Gasteiger partial charge is 0.285 e. The molecule has 3 unspecified atom stereocenters. The van der Waals surface area contributed by atoms with Crippen molar-refractivity contribution in [1.29, 1.82) is 0 Å². The smallest absolute Gasteiger partial charge is 0.267 e. The molecule has 0 aliphatic rings. The molecule has 152 valence electrons. The van der Waals surface area contributed by atoms with Gasteiger partial charge in [0.1, 0.15) is 0 Å². The van der Waals surface area contributed by atoms with Crippen LogP contribution in [0.4, 0.5) is 0 Å². The van der Waals surface area contributed by atoms with E-state index in [4.69, 9.17) is 0 Å². The maximum Gasteiger partial charge on any atom is 0.267 e. The van der Waals surface area contributed by atoms with Crippen molar-refractivity contribution in [3.05, 3.63) is 0 Å². The maximum absolute atomic E-state index is 11.9. The van der Waals surface area contributed by atoms with Crippen molar-refractivity contribution in [2.45, 2.75) is 91.1 Å². The molecule has 0 rings (SSSR count). The molecule has 0 bridgehead atoms. The fraction of sp³-hybridized carbons (Fsp3) is 1.00. The highest BCUT2D eigenvalue weighted by Gasteiger charge is 2.36. The second-order valence-electron chi connectivity index (χ2n) is 9.32. The van der Waals surface area contributed by atoms with Crippen molar-refractivity contribution in [2.75, 3.05) is 0 Å². The topological polar surface area (TPSA) is 109 Å². The lowest BCUT2D eigenvalue weighted by molar-refractivity contribution is 0.180. The number of rotatable bonds is 9. The first-order valence-electron chi connectivity index (χ1n) is 8.80. The zero-order chi connectivity index (χ0) is 20.3. The van der Waals surface area contributed by atoms with Crippen molar-refractivity contribution >= 4 is 20.2 Å². The normalized spacial score (nSPS) is 18.0. The van der Waals surface area contributed by atoms with Crippen LogP contribution in [-0.2, 0) is 20.2 Å². The van der Waals surface area contributed by atoms with Crippen LogP contribution in [0.25, 0.3) is 0 Å². The van der Waals surface area contributed by atoms with E-state index < -0.39 is 30.7 Å². The highest BCUT2D eigenvalue weighted by molar-refractivity contribution is 7.87. The lowest BCUT2D eigenvalue weighted by atomic mass is 9.73. The fourth-order valence-corrected chi connectivity index (χ4v) is 4.93. The van der Waals surface area contributed by atoms with Crippen LogP contribution < -0.4 is 0 Å². The Balaban J connectivity index is 5.51. The first-order valence-corrected chi connectivity index (χ1v) is 11.8. The van der Waals surface area contributed by atoms with Crippen LogP contribution >= 0.6 is 0 Å². The maximum atomic E-state index is 11.9. The summed E-state index contributed by atoms with van der Waals surface area (Å²) in [6.07, 6.45) is 1.64. The fourth-order valence-electron chi connectivity index (χ4n) is 2.96. The zero-order valence-electron chi connectivity index (χ0n) is 16.6. The van der Waals surface area contributed by atoms with Gasteiger partial charge in [-0.1, -0.05) is 48.5 Å². The van der Waals surface area contributed by atoms with E-state index in [9.17, 15) is 25.9 Å². The van der Waals surface area contributed by atoms with Crippen LogP contribution in [0.1, 0.15) is 80.6 Å². The van der Waals surface area contributed by atoms with Gasteiger partial charge in [-0.25, -0.2) is 0 Å². The molecular formula is C17H36O6S2. The predicted octanol–water partition coefficient (Wildman–Crippen LogP) is 4.18. The summed E-state index contributed by atoms with van der Waals surface area (Å²) in [6.45, 7) is 13.9. The second-order valence-corrected chi connectivity index (χ2v) is 12.7. The molecule has 0 aliphatic heterocycles. The van der Waals surface area contributed by atoms with Gasteiger partial charge in [0.2, 0.25) is 0 Å². The quantitative estimate of drug-likeness (QED) is 0.562. The molecule has 0 aromatic heterocycles. The van der Waals surface area contributed by atoms with E-state index in [0.717, 1.165) is 12.8 Å². The van der Waals surface area contributed by atoms with Crippen molar-refractivity contribution in [3.8, 4) is 0 Å². The van der Waals surface area contributed by atoms with E-state index in [1.807, 2.05) is 20.8 Å².